The highest BCUT2D eigenvalue weighted by Crippen LogP contribution is 2.25. The summed E-state index contributed by atoms with van der Waals surface area (Å²) in [6.45, 7) is 6.67. The van der Waals surface area contributed by atoms with Gasteiger partial charge in [0.2, 0.25) is 5.91 Å². The number of amides is 1. The van der Waals surface area contributed by atoms with Crippen molar-refractivity contribution in [1.82, 2.24) is 14.8 Å². The Morgan fingerprint density at radius 1 is 1.00 bits per heavy atom. The highest BCUT2D eigenvalue weighted by molar-refractivity contribution is 7.09. The number of aryl methyl sites for hydroxylation is 1. The molecule has 5 heteroatoms. The topological polar surface area (TPSA) is 37.3 Å². The van der Waals surface area contributed by atoms with E-state index in [4.69, 9.17) is 0 Å². The van der Waals surface area contributed by atoms with E-state index in [2.05, 4.69) is 93.8 Å². The van der Waals surface area contributed by atoms with Gasteiger partial charge in [-0.1, -0.05) is 48.5 Å². The van der Waals surface area contributed by atoms with E-state index in [1.54, 1.807) is 11.3 Å². The zero-order chi connectivity index (χ0) is 23.3. The van der Waals surface area contributed by atoms with Gasteiger partial charge in [0, 0.05) is 41.6 Å². The molecule has 176 valence electrons. The van der Waals surface area contributed by atoms with Crippen LogP contribution in [0.1, 0.15) is 34.5 Å². The van der Waals surface area contributed by atoms with Crippen LogP contribution in [0.15, 0.2) is 72.1 Å². The minimum absolute atomic E-state index is 0.136. The smallest absolute Gasteiger partial charge is 0.223 e. The van der Waals surface area contributed by atoms with E-state index in [1.165, 1.54) is 32.6 Å². The molecule has 4 nitrogen and oxygen atoms in total. The first-order valence-corrected chi connectivity index (χ1v) is 13.2. The summed E-state index contributed by atoms with van der Waals surface area (Å²) in [4.78, 5) is 16.5. The van der Waals surface area contributed by atoms with Crippen LogP contribution >= 0.6 is 11.3 Å². The second kappa shape index (κ2) is 10.6. The quantitative estimate of drug-likeness (QED) is 0.362. The average molecular weight is 472 g/mol. The molecule has 0 atom stereocenters. The number of para-hydroxylation sites is 1. The van der Waals surface area contributed by atoms with Gasteiger partial charge in [-0.25, -0.2) is 0 Å². The molecule has 0 radical (unpaired) electrons. The fourth-order valence-electron chi connectivity index (χ4n) is 5.03. The maximum atomic E-state index is 12.7. The molecular formula is C29H33N3OS. The summed E-state index contributed by atoms with van der Waals surface area (Å²) in [6, 6.07) is 23.9. The molecule has 1 aliphatic rings. The molecule has 2 aromatic carbocycles. The Hall–Kier alpha value is -2.89. The van der Waals surface area contributed by atoms with Crippen molar-refractivity contribution in [2.75, 3.05) is 19.6 Å². The molecule has 0 saturated carbocycles. The predicted octanol–water partition coefficient (Wildman–Crippen LogP) is 5.63. The minimum atomic E-state index is 0.136. The van der Waals surface area contributed by atoms with Gasteiger partial charge >= 0.3 is 0 Å². The molecule has 1 fully saturated rings. The third-order valence-corrected chi connectivity index (χ3v) is 8.02. The van der Waals surface area contributed by atoms with Crippen LogP contribution in [-0.4, -0.2) is 35.0 Å². The SMILES string of the molecule is Cc1ccccc1Cn1c(CN2CCC(C(=O)NCCc3cccs3)CC2)cc2ccccc21. The number of carbonyl (C=O) groups is 1. The van der Waals surface area contributed by atoms with Crippen LogP contribution in [-0.2, 0) is 24.3 Å². The van der Waals surface area contributed by atoms with Crippen LogP contribution in [0.3, 0.4) is 0 Å². The van der Waals surface area contributed by atoms with Gasteiger partial charge in [-0.3, -0.25) is 9.69 Å². The maximum absolute atomic E-state index is 12.7. The summed E-state index contributed by atoms with van der Waals surface area (Å²) in [7, 11) is 0. The highest BCUT2D eigenvalue weighted by atomic mass is 32.1. The first-order chi connectivity index (χ1) is 16.7. The third-order valence-electron chi connectivity index (χ3n) is 7.08. The van der Waals surface area contributed by atoms with E-state index < -0.39 is 0 Å². The molecule has 1 amide bonds. The summed E-state index contributed by atoms with van der Waals surface area (Å²) in [6.07, 6.45) is 2.79. The third kappa shape index (κ3) is 5.26. The van der Waals surface area contributed by atoms with Crippen LogP contribution in [0.25, 0.3) is 10.9 Å². The van der Waals surface area contributed by atoms with Crippen molar-refractivity contribution in [1.29, 1.82) is 0 Å². The Bertz CT molecular complexity index is 1240. The lowest BCUT2D eigenvalue weighted by Crippen LogP contribution is -2.40. The Balaban J connectivity index is 1.21. The van der Waals surface area contributed by atoms with Crippen LogP contribution in [0.5, 0.6) is 0 Å². The molecule has 0 aliphatic carbocycles. The Morgan fingerprint density at radius 2 is 1.79 bits per heavy atom. The molecule has 5 rings (SSSR count). The Kier molecular flexibility index (Phi) is 7.12. The van der Waals surface area contributed by atoms with Crippen molar-refractivity contribution in [3.05, 3.63) is 93.8 Å². The summed E-state index contributed by atoms with van der Waals surface area (Å²) in [5.74, 6) is 0.363. The number of nitrogens with one attached hydrogen (secondary N) is 1. The molecular weight excluding hydrogens is 438 g/mol. The van der Waals surface area contributed by atoms with Gasteiger partial charge < -0.3 is 9.88 Å². The summed E-state index contributed by atoms with van der Waals surface area (Å²) >= 11 is 1.75. The molecule has 34 heavy (non-hydrogen) atoms. The lowest BCUT2D eigenvalue weighted by Gasteiger charge is -2.31. The number of likely N-dealkylation sites (tertiary alicyclic amines) is 1. The van der Waals surface area contributed by atoms with Crippen molar-refractivity contribution in [3.63, 3.8) is 0 Å². The van der Waals surface area contributed by atoms with E-state index in [-0.39, 0.29) is 11.8 Å². The van der Waals surface area contributed by atoms with Crippen LogP contribution in [0, 0.1) is 12.8 Å². The molecule has 1 saturated heterocycles. The van der Waals surface area contributed by atoms with Gasteiger partial charge in [0.05, 0.1) is 0 Å². The molecule has 4 aromatic rings. The number of benzene rings is 2. The molecule has 1 N–H and O–H groups in total. The monoisotopic (exact) mass is 471 g/mol. The van der Waals surface area contributed by atoms with Gasteiger partial charge in [0.1, 0.15) is 0 Å². The minimum Gasteiger partial charge on any atom is -0.355 e. The van der Waals surface area contributed by atoms with E-state index in [0.29, 0.717) is 0 Å². The number of piperidine rings is 1. The van der Waals surface area contributed by atoms with Gasteiger partial charge in [-0.05, 0) is 79.4 Å². The number of rotatable bonds is 8. The molecule has 0 unspecified atom stereocenters. The molecule has 2 aromatic heterocycles. The fraction of sp³-hybridized carbons (Fsp3) is 0.345. The van der Waals surface area contributed by atoms with Crippen LogP contribution < -0.4 is 5.32 Å². The number of carbonyl (C=O) groups excluding carboxylic acids is 1. The Morgan fingerprint density at radius 3 is 2.59 bits per heavy atom. The van der Waals surface area contributed by atoms with E-state index in [1.807, 2.05) is 0 Å². The van der Waals surface area contributed by atoms with Crippen molar-refractivity contribution in [2.24, 2.45) is 5.92 Å². The number of aromatic nitrogens is 1. The lowest BCUT2D eigenvalue weighted by atomic mass is 9.95. The van der Waals surface area contributed by atoms with Crippen molar-refractivity contribution < 1.29 is 4.79 Å². The highest BCUT2D eigenvalue weighted by Gasteiger charge is 2.25. The standard InChI is InChI=1S/C29H33N3OS/c1-22-7-2-3-9-25(22)20-32-26(19-24-8-4-5-11-28(24)32)21-31-16-13-23(14-17-31)29(33)30-15-12-27-10-6-18-34-27/h2-11,18-19,23H,12-17,20-21H2,1H3,(H,30,33). The number of thiophene rings is 1. The maximum Gasteiger partial charge on any atom is 0.223 e. The van der Waals surface area contributed by atoms with E-state index in [0.717, 1.165) is 52.0 Å². The normalized spacial score (nSPS) is 15.1. The van der Waals surface area contributed by atoms with Gasteiger partial charge in [-0.15, -0.1) is 11.3 Å². The van der Waals surface area contributed by atoms with Gasteiger partial charge in [-0.2, -0.15) is 0 Å². The van der Waals surface area contributed by atoms with Crippen molar-refractivity contribution in [2.45, 2.75) is 39.3 Å². The molecule has 1 aliphatic heterocycles. The lowest BCUT2D eigenvalue weighted by molar-refractivity contribution is -0.126. The molecule has 0 spiro atoms. The van der Waals surface area contributed by atoms with Crippen LogP contribution in [0.4, 0.5) is 0 Å². The predicted molar refractivity (Wildman–Crippen MR) is 141 cm³/mol. The first-order valence-electron chi connectivity index (χ1n) is 12.3. The average Bonchev–Trinajstić information content (AvgIpc) is 3.49. The summed E-state index contributed by atoms with van der Waals surface area (Å²) in [5.41, 5.74) is 5.34. The first kappa shape index (κ1) is 22.9. The number of hydrogen-bond donors (Lipinski definition) is 1. The second-order valence-corrected chi connectivity index (χ2v) is 10.4. The zero-order valence-corrected chi connectivity index (χ0v) is 20.7. The van der Waals surface area contributed by atoms with Gasteiger partial charge in [0.25, 0.3) is 0 Å². The molecule has 0 bridgehead atoms. The van der Waals surface area contributed by atoms with E-state index in [9.17, 15) is 4.79 Å². The fourth-order valence-corrected chi connectivity index (χ4v) is 5.74. The van der Waals surface area contributed by atoms with Crippen molar-refractivity contribution >= 4 is 28.1 Å². The van der Waals surface area contributed by atoms with Crippen LogP contribution in [0.2, 0.25) is 0 Å². The van der Waals surface area contributed by atoms with Gasteiger partial charge in [0.15, 0.2) is 0 Å². The van der Waals surface area contributed by atoms with E-state index >= 15 is 0 Å². The Labute approximate surface area is 206 Å². The summed E-state index contributed by atoms with van der Waals surface area (Å²) in [5, 5.41) is 6.55. The molecule has 3 heterocycles. The largest absolute Gasteiger partial charge is 0.355 e. The van der Waals surface area contributed by atoms with Crippen molar-refractivity contribution in [3.8, 4) is 0 Å². The number of hydrogen-bond acceptors (Lipinski definition) is 3. The second-order valence-electron chi connectivity index (χ2n) is 9.38. The summed E-state index contributed by atoms with van der Waals surface area (Å²) < 4.78 is 2.47. The zero-order valence-electron chi connectivity index (χ0n) is 19.9. The number of nitrogens with zero attached hydrogens (tertiary/aromatic N) is 2. The number of fused-ring (bicyclic) bond motifs is 1.